The Morgan fingerprint density at radius 2 is 1.35 bits per heavy atom. The van der Waals surface area contributed by atoms with E-state index in [1.807, 2.05) is 0 Å². The molecule has 0 spiro atoms. The van der Waals surface area contributed by atoms with E-state index in [0.29, 0.717) is 65.6 Å². The SMILES string of the molecule is CC(C)[C@H](NC(=O)[C@H](Cc1ccc(O)cc1)NC(=O)CCCCCNC(=S)Nc1ccc(-c2c3ccc(=O)cc-3oc3cc(O)ccc23)c(C(=O)O)c1)C(=O)N[C@@H](C)C(=O)N[C@@H](CC(=O)O)C(=O)N[C@@H](C)C(=O)N1CCC[C@H]1C(=O)N[C@@H](CCCCNc1ccc([N+](=O)[O-])cc1[N+](=O)[O-])C(=O)O. The van der Waals surface area contributed by atoms with E-state index in [4.69, 9.17) is 16.6 Å². The van der Waals surface area contributed by atoms with Gasteiger partial charge in [-0.2, -0.15) is 0 Å². The van der Waals surface area contributed by atoms with Gasteiger partial charge in [0.05, 0.1) is 27.9 Å². The zero-order valence-electron chi connectivity index (χ0n) is 55.8. The Kier molecular flexibility index (Phi) is 27.2. The third kappa shape index (κ3) is 21.3. The second kappa shape index (κ2) is 35.8. The number of amides is 7. The summed E-state index contributed by atoms with van der Waals surface area (Å²) in [5, 5.41) is 97.2. The molecule has 1 fully saturated rings. The maximum Gasteiger partial charge on any atom is 0.336 e. The van der Waals surface area contributed by atoms with E-state index >= 15 is 0 Å². The molecule has 34 heteroatoms. The summed E-state index contributed by atoms with van der Waals surface area (Å²) in [6.45, 7) is 6.12. The van der Waals surface area contributed by atoms with Crippen molar-refractivity contribution in [2.75, 3.05) is 30.3 Å². The monoisotopic (exact) mass is 1430 g/mol. The number of nitro benzene ring substituents is 2. The Morgan fingerprint density at radius 3 is 2.03 bits per heavy atom. The van der Waals surface area contributed by atoms with Gasteiger partial charge in [0.15, 0.2) is 10.5 Å². The van der Waals surface area contributed by atoms with Crippen LogP contribution in [0.4, 0.5) is 22.7 Å². The van der Waals surface area contributed by atoms with Gasteiger partial charge in [-0.15, -0.1) is 0 Å². The number of anilines is 2. The van der Waals surface area contributed by atoms with Crippen molar-refractivity contribution in [3.63, 3.8) is 0 Å². The molecule has 33 nitrogen and oxygen atoms in total. The Hall–Kier alpha value is -11.8. The zero-order valence-corrected chi connectivity index (χ0v) is 56.6. The lowest BCUT2D eigenvalue weighted by atomic mass is 9.90. The molecule has 1 aliphatic carbocycles. The molecule has 7 amide bonds. The van der Waals surface area contributed by atoms with Gasteiger partial charge in [0.1, 0.15) is 70.8 Å². The van der Waals surface area contributed by atoms with Crippen LogP contribution in [0, 0.1) is 26.1 Å². The lowest BCUT2D eigenvalue weighted by Gasteiger charge is -2.29. The van der Waals surface area contributed by atoms with E-state index in [1.165, 1.54) is 74.5 Å². The molecule has 0 saturated carbocycles. The number of nitrogens with zero attached hydrogens (tertiary/aromatic N) is 3. The van der Waals surface area contributed by atoms with Crippen molar-refractivity contribution >= 4 is 110 Å². The topological polar surface area (TPSA) is 500 Å². The van der Waals surface area contributed by atoms with E-state index in [1.54, 1.807) is 38.1 Å². The lowest BCUT2D eigenvalue weighted by Crippen LogP contribution is -2.60. The minimum atomic E-state index is -1.83. The van der Waals surface area contributed by atoms with Crippen molar-refractivity contribution in [2.24, 2.45) is 5.92 Å². The first-order valence-electron chi connectivity index (χ1n) is 32.5. The highest BCUT2D eigenvalue weighted by Gasteiger charge is 2.39. The Bertz CT molecular complexity index is 4210. The van der Waals surface area contributed by atoms with Gasteiger partial charge in [-0.05, 0) is 143 Å². The van der Waals surface area contributed by atoms with Gasteiger partial charge in [-0.3, -0.25) is 63.4 Å². The summed E-state index contributed by atoms with van der Waals surface area (Å²) < 4.78 is 5.92. The van der Waals surface area contributed by atoms with Gasteiger partial charge in [0.2, 0.25) is 41.4 Å². The molecule has 2 aliphatic heterocycles. The molecule has 0 radical (unpaired) electrons. The summed E-state index contributed by atoms with van der Waals surface area (Å²) in [6.07, 6.45) is 1.04. The fraction of sp³-hybridized carbons (Fsp3) is 0.382. The molecule has 1 saturated heterocycles. The molecule has 14 N–H and O–H groups in total. The standard InChI is InChI=1S/C68H78N12O21S/c1-35(2)59(64(91)71-36(3)60(87)76-51(34-57(85)86)61(88)72-37(4)65(92)78-28-10-12-52(78)63(90)75-49(67(95)96)11-7-9-26-69-48-25-17-40(79(97)98)31-53(48)80(99)100)77-62(89)50(29-38-14-18-41(81)19-15-38)74-56(84)13-6-5-8-27-70-68(102)73-39-16-22-44(47(30-39)66(93)94)58-45-23-20-42(82)32-54(45)101-55-33-43(83)21-24-46(55)58/h14-25,30-33,35-37,49-52,59,69,81-82H,5-13,26-29,34H2,1-4H3,(H,71,91)(H,72,88)(H,74,84)(H,75,90)(H,76,87)(H,77,89)(H,85,86)(H,93,94)(H,95,96)(H2,70,73,102)/t36-,37-,49-,50-,51-,52-,59-/m0/s1. The van der Waals surface area contributed by atoms with Gasteiger partial charge in [0.25, 0.3) is 11.4 Å². The maximum atomic E-state index is 14.1. The van der Waals surface area contributed by atoms with E-state index < -0.39 is 135 Å². The molecule has 4 aromatic rings. The largest absolute Gasteiger partial charge is 0.508 e. The number of rotatable bonds is 35. The number of carbonyl (C=O) groups is 10. The third-order valence-electron chi connectivity index (χ3n) is 16.7. The molecular formula is C68H78N12O21S. The second-order valence-electron chi connectivity index (χ2n) is 24.6. The fourth-order valence-corrected chi connectivity index (χ4v) is 11.6. The van der Waals surface area contributed by atoms with Gasteiger partial charge in [-0.1, -0.05) is 38.5 Å². The number of thiocarbonyl (C=S) groups is 1. The van der Waals surface area contributed by atoms with Gasteiger partial charge >= 0.3 is 17.9 Å². The van der Waals surface area contributed by atoms with Gasteiger partial charge < -0.3 is 82.7 Å². The molecule has 3 aliphatic rings. The summed E-state index contributed by atoms with van der Waals surface area (Å²) in [5.74, 6) is -10.8. The Balaban J connectivity index is 0.875. The van der Waals surface area contributed by atoms with Gasteiger partial charge in [0, 0.05) is 72.9 Å². The highest BCUT2D eigenvalue weighted by Crippen LogP contribution is 2.42. The van der Waals surface area contributed by atoms with Crippen LogP contribution in [0.2, 0.25) is 0 Å². The first-order valence-corrected chi connectivity index (χ1v) is 32.9. The number of aromatic hydroxyl groups is 2. The number of hydrogen-bond donors (Lipinski definition) is 14. The van der Waals surface area contributed by atoms with Crippen molar-refractivity contribution in [2.45, 2.75) is 141 Å². The first-order chi connectivity index (χ1) is 48.4. The number of carboxylic acids is 3. The number of aliphatic carboxylic acids is 2. The van der Waals surface area contributed by atoms with Crippen LogP contribution in [-0.4, -0.2) is 167 Å². The van der Waals surface area contributed by atoms with Crippen molar-refractivity contribution < 1.29 is 87.7 Å². The quantitative estimate of drug-likeness (QED) is 0.00816. The molecule has 0 aromatic heterocycles. The van der Waals surface area contributed by atoms with Crippen LogP contribution in [0.15, 0.2) is 106 Å². The van der Waals surface area contributed by atoms with Crippen LogP contribution in [0.3, 0.4) is 0 Å². The number of nitro groups is 2. The summed E-state index contributed by atoms with van der Waals surface area (Å²) in [5.41, 5.74) is 0.918. The predicted octanol–water partition coefficient (Wildman–Crippen LogP) is 5.02. The van der Waals surface area contributed by atoms with Crippen LogP contribution in [-0.2, 0) is 49.6 Å². The van der Waals surface area contributed by atoms with Gasteiger partial charge in [-0.25, -0.2) is 9.59 Å². The highest BCUT2D eigenvalue weighted by molar-refractivity contribution is 7.80. The number of carbonyl (C=O) groups excluding carboxylic acids is 7. The molecular weight excluding hydrogens is 1350 g/mol. The predicted molar refractivity (Wildman–Crippen MR) is 372 cm³/mol. The number of likely N-dealkylation sites (tertiary alicyclic amines) is 1. The number of hydrogen-bond acceptors (Lipinski definition) is 20. The number of fused-ring (bicyclic) bond motifs is 2. The number of phenols is 2. The minimum absolute atomic E-state index is 0.00214. The maximum absolute atomic E-state index is 14.1. The molecule has 7 rings (SSSR count). The van der Waals surface area contributed by atoms with Crippen LogP contribution in [0.5, 0.6) is 11.5 Å². The zero-order chi connectivity index (χ0) is 74.6. The van der Waals surface area contributed by atoms with E-state index in [9.17, 15) is 98.5 Å². The second-order valence-corrected chi connectivity index (χ2v) is 25.0. The van der Waals surface area contributed by atoms with Crippen LogP contribution >= 0.6 is 12.2 Å². The van der Waals surface area contributed by atoms with Crippen molar-refractivity contribution in [1.82, 2.24) is 42.1 Å². The number of unbranched alkanes of at least 4 members (excludes halogenated alkanes) is 3. The smallest absolute Gasteiger partial charge is 0.336 e. The number of phenolic OH excluding ortho intramolecular Hbond substituents is 2. The summed E-state index contributed by atoms with van der Waals surface area (Å²) >= 11 is 5.51. The van der Waals surface area contributed by atoms with Crippen LogP contribution in [0.25, 0.3) is 33.4 Å². The molecule has 542 valence electrons. The minimum Gasteiger partial charge on any atom is -0.508 e. The molecule has 2 heterocycles. The average molecular weight is 1430 g/mol. The average Bonchev–Trinajstić information content (AvgIpc) is 0.828. The number of carboxylic acid groups (broad SMARTS) is 3. The van der Waals surface area contributed by atoms with E-state index in [-0.39, 0.29) is 96.2 Å². The highest BCUT2D eigenvalue weighted by atomic mass is 32.1. The summed E-state index contributed by atoms with van der Waals surface area (Å²) in [4.78, 5) is 168. The molecule has 7 atom stereocenters. The molecule has 0 bridgehead atoms. The fourth-order valence-electron chi connectivity index (χ4n) is 11.4. The Labute approximate surface area is 587 Å². The lowest BCUT2D eigenvalue weighted by molar-refractivity contribution is -0.393. The summed E-state index contributed by atoms with van der Waals surface area (Å²) in [7, 11) is 0. The van der Waals surface area contributed by atoms with Crippen molar-refractivity contribution in [3.05, 3.63) is 139 Å². The normalized spacial score (nSPS) is 14.4. The van der Waals surface area contributed by atoms with E-state index in [2.05, 4.69) is 47.9 Å². The summed E-state index contributed by atoms with van der Waals surface area (Å²) in [6, 6.07) is 12.2. The number of benzene rings is 5. The van der Waals surface area contributed by atoms with Crippen LogP contribution in [0.1, 0.15) is 108 Å². The molecule has 4 aromatic carbocycles. The van der Waals surface area contributed by atoms with Crippen LogP contribution < -0.4 is 53.3 Å². The number of aromatic carboxylic acids is 1. The van der Waals surface area contributed by atoms with Crippen molar-refractivity contribution in [3.8, 4) is 33.9 Å². The van der Waals surface area contributed by atoms with E-state index in [0.717, 1.165) is 17.0 Å². The molecule has 0 unspecified atom stereocenters. The molecule has 102 heavy (non-hydrogen) atoms. The third-order valence-corrected chi connectivity index (χ3v) is 16.9. The number of non-ortho nitro benzene ring substituents is 1. The first kappa shape index (κ1) is 77.5. The number of nitrogens with one attached hydrogen (secondary N) is 9. The van der Waals surface area contributed by atoms with Crippen molar-refractivity contribution in [1.29, 1.82) is 0 Å². The Morgan fingerprint density at radius 1 is 0.667 bits per heavy atom.